The number of pyridine rings is 1. The highest BCUT2D eigenvalue weighted by molar-refractivity contribution is 7.15. The van der Waals surface area contributed by atoms with Crippen LogP contribution >= 0.6 is 68.0 Å². The van der Waals surface area contributed by atoms with E-state index in [1.54, 1.807) is 96.7 Å². The van der Waals surface area contributed by atoms with Crippen LogP contribution in [0.2, 0.25) is 0 Å². The molecule has 1 aliphatic carbocycles. The molecule has 0 spiro atoms. The van der Waals surface area contributed by atoms with Crippen LogP contribution in [0, 0.1) is 18.8 Å². The fraction of sp³-hybridized carbons (Fsp3) is 0.317. The number of amides is 6. The van der Waals surface area contributed by atoms with Gasteiger partial charge in [0.25, 0.3) is 23.6 Å². The number of carboxylic acids is 1. The van der Waals surface area contributed by atoms with Gasteiger partial charge in [0.05, 0.1) is 43.3 Å². The maximum Gasteiger partial charge on any atom is 0.341 e. The van der Waals surface area contributed by atoms with Gasteiger partial charge in [-0.25, -0.2) is 39.7 Å². The number of hydrogen-bond donors (Lipinski definition) is 8. The first-order valence-corrected chi connectivity index (χ1v) is 35.0. The summed E-state index contributed by atoms with van der Waals surface area (Å²) in [7, 11) is 1.36. The van der Waals surface area contributed by atoms with Crippen LogP contribution in [0.5, 0.6) is 5.75 Å². The zero-order chi connectivity index (χ0) is 66.8. The minimum atomic E-state index is -1.44. The summed E-state index contributed by atoms with van der Waals surface area (Å²) >= 11 is 6.85. The average molecular weight is 1400 g/mol. The Morgan fingerprint density at radius 3 is 2.08 bits per heavy atom. The number of fused-ring (bicyclic) bond motifs is 16. The van der Waals surface area contributed by atoms with Gasteiger partial charge in [0.1, 0.15) is 93.8 Å². The molecule has 6 amide bonds. The number of methoxy groups -OCH3 is 1. The molecule has 10 bridgehead atoms. The van der Waals surface area contributed by atoms with Crippen molar-refractivity contribution < 1.29 is 63.1 Å². The number of thiazole rings is 6. The monoisotopic (exact) mass is 1400 g/mol. The molecule has 2 fully saturated rings. The summed E-state index contributed by atoms with van der Waals surface area (Å²) in [6, 6.07) is 13.6. The molecule has 2 aliphatic heterocycles. The van der Waals surface area contributed by atoms with Crippen LogP contribution in [0.4, 0.5) is 0 Å². The largest absolute Gasteiger partial charge is 0.482 e. The van der Waals surface area contributed by atoms with E-state index in [0.717, 1.165) is 34.0 Å². The Bertz CT molecular complexity index is 4390. The molecule has 95 heavy (non-hydrogen) atoms. The lowest BCUT2D eigenvalue weighted by Crippen LogP contribution is -2.50. The fourth-order valence-corrected chi connectivity index (χ4v) is 16.7. The SMILES string of the molecule is COC(=O)C1CCC(NC(=O)c2csc(-c3ccc4c(n3)-c3csc(n3)-c3csc(n3)[C@@H]3[C@@H](C)[C@@H](O)CN3C(=O)[C@H](Cc3ccc(OCC(=O)O)cc3)NC(=O)c3csc(n3)C([C@H](O)c3ccccc3)NC(=O)c3nc(sc3C)[C@H](CC(N)=O)NC(=O)c3csc-4n3)n2)CC1. The second-order valence-electron chi connectivity index (χ2n) is 22.8. The molecule has 9 N–H and O–H groups in total. The van der Waals surface area contributed by atoms with Gasteiger partial charge < -0.3 is 56.7 Å². The number of aryl methyl sites for hydroxylation is 1. The van der Waals surface area contributed by atoms with Crippen LogP contribution in [0.3, 0.4) is 0 Å². The number of carboxylic acid groups (broad SMARTS) is 1. The van der Waals surface area contributed by atoms with Gasteiger partial charge >= 0.3 is 11.9 Å². The number of carbonyl (C=O) groups is 8. The van der Waals surface area contributed by atoms with Crippen molar-refractivity contribution in [3.05, 3.63) is 147 Å². The second kappa shape index (κ2) is 28.4. The lowest BCUT2D eigenvalue weighted by molar-refractivity contribution is -0.146. The predicted octanol–water partition coefficient (Wildman–Crippen LogP) is 7.51. The standard InChI is InChI=1S/C63H59N13O13S6/c1-28-44(77)21-76-50(28)61-73-43(27-94-61)58-69-39(23-91-58)48-35(17-18-36(66-48)57-71-40(25-92-57)52(82)65-33-13-11-32(12-14-33)63(87)88-3)56-70-41(24-90-56)53(83)67-37(20-45(64)78)59-75-47(29(2)95-59)55(85)74-49(51(81)31-7-5-4-6-8-31)60-72-42(26-93-60)54(84)68-38(62(76)86)19-30-9-15-34(16-10-30)89-22-46(79)80/h4-10,15-18,23-28,32-33,37-38,44,49-51,77,81H,11-14,19-22H2,1-3H3,(H2,64,78)(H,65,82)(H,67,83)(H,68,84)(H,74,85)(H,79,80)/t28-,32?,33?,37-,38-,44-,49?,50-,51+/m0/s1. The van der Waals surface area contributed by atoms with E-state index in [4.69, 9.17) is 40.1 Å². The molecule has 1 saturated heterocycles. The number of ether oxygens (including phenoxy) is 2. The normalized spacial score (nSPS) is 21.1. The Kier molecular flexibility index (Phi) is 19.7. The third-order valence-electron chi connectivity index (χ3n) is 16.4. The quantitative estimate of drug-likeness (QED) is 0.0517. The van der Waals surface area contributed by atoms with E-state index >= 15 is 4.79 Å². The van der Waals surface area contributed by atoms with Crippen molar-refractivity contribution in [1.82, 2.24) is 61.1 Å². The van der Waals surface area contributed by atoms with Gasteiger partial charge in [0.15, 0.2) is 6.61 Å². The number of aliphatic carboxylic acids is 1. The lowest BCUT2D eigenvalue weighted by atomic mass is 9.86. The maximum absolute atomic E-state index is 15.3. The molecule has 1 unspecified atom stereocenters. The number of hydrogen-bond acceptors (Lipinski definition) is 25. The smallest absolute Gasteiger partial charge is 0.341 e. The molecule has 7 aromatic heterocycles. The molecule has 2 aromatic carbocycles. The van der Waals surface area contributed by atoms with Gasteiger partial charge in [-0.2, -0.15) is 0 Å². The van der Waals surface area contributed by atoms with Crippen LogP contribution < -0.4 is 31.7 Å². The highest BCUT2D eigenvalue weighted by atomic mass is 32.1. The topological polar surface area (TPSA) is 383 Å². The van der Waals surface area contributed by atoms with Crippen molar-refractivity contribution in [1.29, 1.82) is 0 Å². The minimum Gasteiger partial charge on any atom is -0.482 e. The summed E-state index contributed by atoms with van der Waals surface area (Å²) < 4.78 is 10.3. The number of nitrogens with zero attached hydrogens (tertiary/aromatic N) is 8. The summed E-state index contributed by atoms with van der Waals surface area (Å²) in [5.41, 5.74) is 8.61. The van der Waals surface area contributed by atoms with Gasteiger partial charge in [-0.1, -0.05) is 49.4 Å². The van der Waals surface area contributed by atoms with Crippen LogP contribution in [0.1, 0.15) is 136 Å². The second-order valence-corrected chi connectivity index (χ2v) is 28.4. The van der Waals surface area contributed by atoms with Gasteiger partial charge in [0, 0.05) is 62.3 Å². The molecular formula is C63H59N13O13S6. The van der Waals surface area contributed by atoms with E-state index in [1.807, 2.05) is 0 Å². The van der Waals surface area contributed by atoms with Crippen LogP contribution in [0.25, 0.3) is 43.4 Å². The summed E-state index contributed by atoms with van der Waals surface area (Å²) in [4.78, 5) is 145. The molecule has 490 valence electrons. The summed E-state index contributed by atoms with van der Waals surface area (Å²) in [5, 5.41) is 54.6. The summed E-state index contributed by atoms with van der Waals surface area (Å²) in [5.74, 6) is -5.95. The number of rotatable bonds is 13. The number of esters is 1. The number of aromatic nitrogens is 7. The molecule has 12 rings (SSSR count). The fourth-order valence-electron chi connectivity index (χ4n) is 11.4. The van der Waals surface area contributed by atoms with E-state index in [9.17, 15) is 48.9 Å². The number of aliphatic hydroxyl groups is 2. The maximum atomic E-state index is 15.3. The Morgan fingerprint density at radius 2 is 1.35 bits per heavy atom. The molecule has 32 heteroatoms. The first kappa shape index (κ1) is 65.9. The van der Waals surface area contributed by atoms with Crippen LogP contribution in [-0.4, -0.2) is 141 Å². The first-order chi connectivity index (χ1) is 45.7. The van der Waals surface area contributed by atoms with Crippen molar-refractivity contribution in [2.24, 2.45) is 17.6 Å². The van der Waals surface area contributed by atoms with E-state index < -0.39 is 90.8 Å². The van der Waals surface area contributed by atoms with Crippen molar-refractivity contribution in [3.63, 3.8) is 0 Å². The van der Waals surface area contributed by atoms with Gasteiger partial charge in [0.2, 0.25) is 11.8 Å². The third-order valence-corrected chi connectivity index (χ3v) is 21.9. The third kappa shape index (κ3) is 14.6. The van der Waals surface area contributed by atoms with Crippen molar-refractivity contribution >= 4 is 115 Å². The highest BCUT2D eigenvalue weighted by Crippen LogP contribution is 2.43. The zero-order valence-corrected chi connectivity index (χ0v) is 55.5. The Balaban J connectivity index is 0.924. The van der Waals surface area contributed by atoms with E-state index in [-0.39, 0.29) is 75.3 Å². The van der Waals surface area contributed by atoms with Crippen molar-refractivity contribution in [2.75, 3.05) is 20.3 Å². The molecule has 9 aromatic rings. The number of aliphatic hydroxyl groups excluding tert-OH is 2. The molecular weight excluding hydrogens is 1340 g/mol. The molecule has 9 heterocycles. The van der Waals surface area contributed by atoms with E-state index in [0.29, 0.717) is 90.1 Å². The summed E-state index contributed by atoms with van der Waals surface area (Å²) in [6.45, 7) is 2.70. The molecule has 0 radical (unpaired) electrons. The number of benzene rings is 2. The van der Waals surface area contributed by atoms with Crippen LogP contribution in [0.15, 0.2) is 93.6 Å². The Hall–Kier alpha value is -9.15. The average Bonchev–Trinajstić information content (AvgIpc) is 1.66. The highest BCUT2D eigenvalue weighted by Gasteiger charge is 2.46. The number of primary amides is 1. The molecule has 3 aliphatic rings. The van der Waals surface area contributed by atoms with E-state index in [1.165, 1.54) is 56.8 Å². The van der Waals surface area contributed by atoms with E-state index in [2.05, 4.69) is 31.2 Å². The van der Waals surface area contributed by atoms with Crippen molar-refractivity contribution in [3.8, 4) is 49.1 Å². The number of nitrogens with two attached hydrogens (primary N) is 1. The zero-order valence-electron chi connectivity index (χ0n) is 50.6. The van der Waals surface area contributed by atoms with Crippen LogP contribution in [-0.2, 0) is 30.3 Å². The molecule has 7 atom stereocenters. The molecule has 26 nitrogen and oxygen atoms in total. The minimum absolute atomic E-state index is 0.0360. The predicted molar refractivity (Wildman–Crippen MR) is 353 cm³/mol. The number of carbonyl (C=O) groups excluding carboxylic acids is 7. The van der Waals surface area contributed by atoms with Gasteiger partial charge in [-0.05, 0) is 68.0 Å². The van der Waals surface area contributed by atoms with Crippen molar-refractivity contribution in [2.45, 2.75) is 94.8 Å². The lowest BCUT2D eigenvalue weighted by Gasteiger charge is -2.29. The number of nitrogens with one attached hydrogen (secondary N) is 4. The van der Waals surface area contributed by atoms with Gasteiger partial charge in [-0.3, -0.25) is 33.6 Å². The first-order valence-electron chi connectivity index (χ1n) is 29.8. The Morgan fingerprint density at radius 1 is 0.695 bits per heavy atom. The molecule has 1 saturated carbocycles. The summed E-state index contributed by atoms with van der Waals surface area (Å²) in [6.07, 6.45) is -0.605. The Labute approximate surface area is 565 Å². The van der Waals surface area contributed by atoms with Gasteiger partial charge in [-0.15, -0.1) is 68.0 Å².